The third kappa shape index (κ3) is 7.68. The van der Waals surface area contributed by atoms with E-state index in [2.05, 4.69) is 21.3 Å². The van der Waals surface area contributed by atoms with Gasteiger partial charge in [-0.1, -0.05) is 31.4 Å². The first-order chi connectivity index (χ1) is 12.9. The molecule has 0 spiro atoms. The van der Waals surface area contributed by atoms with Crippen molar-refractivity contribution in [1.82, 2.24) is 16.0 Å². The summed E-state index contributed by atoms with van der Waals surface area (Å²) in [6, 6.07) is 7.07. The molecule has 7 heteroatoms. The minimum absolute atomic E-state index is 0.0155. The molecule has 1 saturated carbocycles. The van der Waals surface area contributed by atoms with Gasteiger partial charge in [0.25, 0.3) is 0 Å². The molecule has 1 aliphatic rings. The lowest BCUT2D eigenvalue weighted by molar-refractivity contribution is -0.121. The Kier molecular flexibility index (Phi) is 8.10. The van der Waals surface area contributed by atoms with Crippen molar-refractivity contribution in [1.29, 1.82) is 0 Å². The maximum absolute atomic E-state index is 12.0. The molecule has 27 heavy (non-hydrogen) atoms. The van der Waals surface area contributed by atoms with Gasteiger partial charge in [0.15, 0.2) is 0 Å². The summed E-state index contributed by atoms with van der Waals surface area (Å²) in [6.07, 6.45) is 5.97. The molecule has 1 fully saturated rings. The average Bonchev–Trinajstić information content (AvgIpc) is 2.62. The molecule has 0 saturated heterocycles. The van der Waals surface area contributed by atoms with Crippen LogP contribution in [0, 0.1) is 0 Å². The fourth-order valence-corrected chi connectivity index (χ4v) is 3.26. The largest absolute Gasteiger partial charge is 0.353 e. The minimum Gasteiger partial charge on any atom is -0.353 e. The van der Waals surface area contributed by atoms with Gasteiger partial charge < -0.3 is 21.3 Å². The molecule has 1 aromatic carbocycles. The lowest BCUT2D eigenvalue weighted by Gasteiger charge is -2.22. The van der Waals surface area contributed by atoms with E-state index in [1.807, 2.05) is 25.1 Å². The van der Waals surface area contributed by atoms with Gasteiger partial charge in [0.2, 0.25) is 11.8 Å². The Balaban J connectivity index is 1.70. The molecule has 148 valence electrons. The summed E-state index contributed by atoms with van der Waals surface area (Å²) in [5.74, 6) is -0.157. The topological polar surface area (TPSA) is 99.3 Å². The number of anilines is 1. The highest BCUT2D eigenvalue weighted by Gasteiger charge is 2.16. The normalized spacial score (nSPS) is 15.5. The molecule has 2 rings (SSSR count). The summed E-state index contributed by atoms with van der Waals surface area (Å²) in [4.78, 5) is 35.1. The summed E-state index contributed by atoms with van der Waals surface area (Å²) in [6.45, 7) is 3.61. The molecule has 0 aliphatic heterocycles. The predicted octanol–water partition coefficient (Wildman–Crippen LogP) is 2.84. The predicted molar refractivity (Wildman–Crippen MR) is 105 cm³/mol. The Morgan fingerprint density at radius 2 is 1.89 bits per heavy atom. The summed E-state index contributed by atoms with van der Waals surface area (Å²) in [5, 5.41) is 11.3. The van der Waals surface area contributed by atoms with Gasteiger partial charge in [-0.3, -0.25) is 9.59 Å². The van der Waals surface area contributed by atoms with Gasteiger partial charge in [-0.25, -0.2) is 4.79 Å². The fraction of sp³-hybridized carbons (Fsp3) is 0.550. The summed E-state index contributed by atoms with van der Waals surface area (Å²) < 4.78 is 0. The van der Waals surface area contributed by atoms with Gasteiger partial charge in [-0.2, -0.15) is 0 Å². The Hall–Kier alpha value is -2.57. The van der Waals surface area contributed by atoms with Crippen LogP contribution in [0.2, 0.25) is 0 Å². The first-order valence-corrected chi connectivity index (χ1v) is 9.65. The van der Waals surface area contributed by atoms with E-state index in [0.29, 0.717) is 12.2 Å². The van der Waals surface area contributed by atoms with E-state index in [4.69, 9.17) is 0 Å². The lowest BCUT2D eigenvalue weighted by atomic mass is 9.95. The third-order valence-corrected chi connectivity index (χ3v) is 4.66. The highest BCUT2D eigenvalue weighted by atomic mass is 16.2. The van der Waals surface area contributed by atoms with Crippen LogP contribution in [0.3, 0.4) is 0 Å². The van der Waals surface area contributed by atoms with Crippen LogP contribution in [0.15, 0.2) is 24.3 Å². The van der Waals surface area contributed by atoms with Crippen LogP contribution in [-0.2, 0) is 9.59 Å². The Bertz CT molecular complexity index is 656. The third-order valence-electron chi connectivity index (χ3n) is 4.66. The molecular weight excluding hydrogens is 344 g/mol. The quantitative estimate of drug-likeness (QED) is 0.590. The van der Waals surface area contributed by atoms with E-state index < -0.39 is 0 Å². The van der Waals surface area contributed by atoms with E-state index in [9.17, 15) is 14.4 Å². The molecule has 0 radical (unpaired) electrons. The number of carbonyl (C=O) groups is 3. The van der Waals surface area contributed by atoms with Crippen molar-refractivity contribution in [3.8, 4) is 0 Å². The number of amides is 4. The zero-order chi connectivity index (χ0) is 19.6. The molecule has 4 amide bonds. The van der Waals surface area contributed by atoms with E-state index in [-0.39, 0.29) is 36.3 Å². The number of hydrogen-bond donors (Lipinski definition) is 4. The lowest BCUT2D eigenvalue weighted by Crippen LogP contribution is -2.41. The highest BCUT2D eigenvalue weighted by Crippen LogP contribution is 2.18. The summed E-state index contributed by atoms with van der Waals surface area (Å²) >= 11 is 0. The standard InChI is InChI=1S/C20H30N4O3/c1-14(16-7-6-10-18(13-16)23-15(2)25)22-20(27)21-12-11-19(26)24-17-8-4-3-5-9-17/h6-7,10,13-14,17H,3-5,8-9,11-12H2,1-2H3,(H,23,25)(H,24,26)(H2,21,22,27)/t14-/m0/s1. The van der Waals surface area contributed by atoms with Crippen molar-refractivity contribution >= 4 is 23.5 Å². The van der Waals surface area contributed by atoms with Gasteiger partial charge in [0, 0.05) is 31.6 Å². The zero-order valence-corrected chi connectivity index (χ0v) is 16.1. The van der Waals surface area contributed by atoms with Gasteiger partial charge in [-0.05, 0) is 37.5 Å². The number of hydrogen-bond acceptors (Lipinski definition) is 3. The maximum atomic E-state index is 12.0. The van der Waals surface area contributed by atoms with Gasteiger partial charge in [0.05, 0.1) is 6.04 Å². The molecule has 0 unspecified atom stereocenters. The number of urea groups is 1. The number of carbonyl (C=O) groups excluding carboxylic acids is 3. The van der Waals surface area contributed by atoms with E-state index >= 15 is 0 Å². The van der Waals surface area contributed by atoms with Crippen molar-refractivity contribution in [2.75, 3.05) is 11.9 Å². The van der Waals surface area contributed by atoms with Gasteiger partial charge in [-0.15, -0.1) is 0 Å². The summed E-state index contributed by atoms with van der Waals surface area (Å²) in [5.41, 5.74) is 1.57. The van der Waals surface area contributed by atoms with Crippen molar-refractivity contribution in [3.63, 3.8) is 0 Å². The molecule has 0 aromatic heterocycles. The molecule has 4 N–H and O–H groups in total. The number of nitrogens with one attached hydrogen (secondary N) is 4. The first kappa shape index (κ1) is 20.7. The summed E-state index contributed by atoms with van der Waals surface area (Å²) in [7, 11) is 0. The van der Waals surface area contributed by atoms with Gasteiger partial charge in [0.1, 0.15) is 0 Å². The second kappa shape index (κ2) is 10.5. The molecule has 1 atom stereocenters. The van der Waals surface area contributed by atoms with Crippen molar-refractivity contribution in [2.45, 2.75) is 64.5 Å². The van der Waals surface area contributed by atoms with Crippen molar-refractivity contribution < 1.29 is 14.4 Å². The number of benzene rings is 1. The van der Waals surface area contributed by atoms with Crippen molar-refractivity contribution in [3.05, 3.63) is 29.8 Å². The first-order valence-electron chi connectivity index (χ1n) is 9.65. The van der Waals surface area contributed by atoms with Crippen LogP contribution in [0.1, 0.15) is 64.0 Å². The molecule has 0 heterocycles. The van der Waals surface area contributed by atoms with Crippen LogP contribution in [-0.4, -0.2) is 30.4 Å². The zero-order valence-electron chi connectivity index (χ0n) is 16.1. The van der Waals surface area contributed by atoms with Crippen molar-refractivity contribution in [2.24, 2.45) is 0 Å². The fourth-order valence-electron chi connectivity index (χ4n) is 3.26. The molecule has 7 nitrogen and oxygen atoms in total. The number of rotatable bonds is 7. The van der Waals surface area contributed by atoms with Gasteiger partial charge >= 0.3 is 6.03 Å². The van der Waals surface area contributed by atoms with E-state index in [1.165, 1.54) is 26.2 Å². The van der Waals surface area contributed by atoms with E-state index in [1.54, 1.807) is 6.07 Å². The van der Waals surface area contributed by atoms with Crippen LogP contribution < -0.4 is 21.3 Å². The smallest absolute Gasteiger partial charge is 0.315 e. The Labute approximate surface area is 160 Å². The Morgan fingerprint density at radius 3 is 2.59 bits per heavy atom. The second-order valence-electron chi connectivity index (χ2n) is 7.08. The molecule has 1 aromatic rings. The minimum atomic E-state index is -0.321. The maximum Gasteiger partial charge on any atom is 0.315 e. The van der Waals surface area contributed by atoms with Crippen LogP contribution in [0.25, 0.3) is 0 Å². The molecular formula is C20H30N4O3. The molecule has 0 bridgehead atoms. The monoisotopic (exact) mass is 374 g/mol. The Morgan fingerprint density at radius 1 is 1.15 bits per heavy atom. The van der Waals surface area contributed by atoms with Crippen LogP contribution >= 0.6 is 0 Å². The second-order valence-corrected chi connectivity index (χ2v) is 7.08. The molecule has 1 aliphatic carbocycles. The van der Waals surface area contributed by atoms with E-state index in [0.717, 1.165) is 18.4 Å². The highest BCUT2D eigenvalue weighted by molar-refractivity contribution is 5.88. The SMILES string of the molecule is CC(=O)Nc1cccc([C@H](C)NC(=O)NCCC(=O)NC2CCCCC2)c1. The van der Waals surface area contributed by atoms with Crippen LogP contribution in [0.5, 0.6) is 0 Å². The van der Waals surface area contributed by atoms with Crippen LogP contribution in [0.4, 0.5) is 10.5 Å². The average molecular weight is 374 g/mol.